The van der Waals surface area contributed by atoms with Gasteiger partial charge in [-0.3, -0.25) is 9.78 Å². The summed E-state index contributed by atoms with van der Waals surface area (Å²) in [5.74, 6) is -1.20. The highest BCUT2D eigenvalue weighted by Gasteiger charge is 2.15. The third-order valence-corrected chi connectivity index (χ3v) is 2.90. The fourth-order valence-corrected chi connectivity index (χ4v) is 1.97. The van der Waals surface area contributed by atoms with E-state index >= 15 is 0 Å². The number of nitrogens with zero attached hydrogens (tertiary/aromatic N) is 1. The number of aromatic amines is 1. The fourth-order valence-electron chi connectivity index (χ4n) is 1.58. The summed E-state index contributed by atoms with van der Waals surface area (Å²) in [5, 5.41) is -0.150. The molecule has 0 aliphatic rings. The largest absolute Gasteiger partial charge is 0.334 e. The molecule has 4 nitrogen and oxygen atoms in total. The lowest BCUT2D eigenvalue weighted by Gasteiger charge is -2.08. The van der Waals surface area contributed by atoms with Crippen LogP contribution in [0.25, 0.3) is 5.69 Å². The Morgan fingerprint density at radius 3 is 2.56 bits per heavy atom. The molecule has 0 unspecified atom stereocenters. The van der Waals surface area contributed by atoms with Crippen molar-refractivity contribution in [3.05, 3.63) is 60.6 Å². The first kappa shape index (κ1) is 12.9. The maximum absolute atomic E-state index is 13.4. The molecule has 2 rings (SSSR count). The van der Waals surface area contributed by atoms with Crippen molar-refractivity contribution >= 4 is 23.2 Å². The number of hydrogen-bond acceptors (Lipinski definition) is 2. The minimum Gasteiger partial charge on any atom is -0.295 e. The number of aromatic nitrogens is 2. The van der Waals surface area contributed by atoms with Crippen LogP contribution in [0.4, 0.5) is 4.39 Å². The lowest BCUT2D eigenvalue weighted by atomic mass is 10.2. The van der Waals surface area contributed by atoms with Gasteiger partial charge in [0.2, 0.25) is 5.82 Å². The third kappa shape index (κ3) is 2.07. The van der Waals surface area contributed by atoms with Gasteiger partial charge in [-0.05, 0) is 30.7 Å². The maximum Gasteiger partial charge on any atom is 0.334 e. The van der Waals surface area contributed by atoms with Crippen molar-refractivity contribution < 1.29 is 4.39 Å². The second-order valence-corrected chi connectivity index (χ2v) is 4.44. The van der Waals surface area contributed by atoms with Crippen LogP contribution >= 0.6 is 23.2 Å². The first-order valence-electron chi connectivity index (χ1n) is 4.88. The molecule has 0 saturated heterocycles. The van der Waals surface area contributed by atoms with Crippen molar-refractivity contribution in [2.24, 2.45) is 0 Å². The van der Waals surface area contributed by atoms with Crippen LogP contribution in [0, 0.1) is 12.7 Å². The number of hydrogen-bond donors (Lipinski definition) is 1. The molecular weight excluding hydrogens is 282 g/mol. The Kier molecular flexibility index (Phi) is 3.28. The van der Waals surface area contributed by atoms with Crippen molar-refractivity contribution in [2.45, 2.75) is 6.92 Å². The minimum absolute atomic E-state index is 0.251. The predicted octanol–water partition coefficient (Wildman–Crippen LogP) is 2.28. The van der Waals surface area contributed by atoms with Crippen LogP contribution in [0.2, 0.25) is 10.2 Å². The number of halogens is 3. The second-order valence-electron chi connectivity index (χ2n) is 3.63. The first-order chi connectivity index (χ1) is 8.41. The molecule has 0 fully saturated rings. The van der Waals surface area contributed by atoms with Gasteiger partial charge in [-0.15, -0.1) is 0 Å². The zero-order chi connectivity index (χ0) is 13.4. The molecule has 0 aliphatic heterocycles. The monoisotopic (exact) mass is 288 g/mol. The van der Waals surface area contributed by atoms with Crippen LogP contribution in [0.1, 0.15) is 5.56 Å². The highest BCUT2D eigenvalue weighted by molar-refractivity contribution is 6.30. The Morgan fingerprint density at radius 1 is 1.28 bits per heavy atom. The van der Waals surface area contributed by atoms with Gasteiger partial charge in [0.15, 0.2) is 5.15 Å². The van der Waals surface area contributed by atoms with E-state index in [0.29, 0.717) is 15.2 Å². The number of aryl methyl sites for hydroxylation is 1. The fraction of sp³-hybridized carbons (Fsp3) is 0.0909. The Bertz CT molecular complexity index is 737. The van der Waals surface area contributed by atoms with E-state index in [1.807, 2.05) is 0 Å². The number of H-pyrrole nitrogens is 1. The van der Waals surface area contributed by atoms with Crippen molar-refractivity contribution in [1.29, 1.82) is 0 Å². The average Bonchev–Trinajstić information content (AvgIpc) is 2.29. The SMILES string of the molecule is Cc1cc(Cl)ccc1-n1c(=O)[nH]c(Cl)c(F)c1=O. The summed E-state index contributed by atoms with van der Waals surface area (Å²) in [6.07, 6.45) is 0. The van der Waals surface area contributed by atoms with Crippen LogP contribution < -0.4 is 11.2 Å². The normalized spacial score (nSPS) is 10.7. The molecule has 2 aromatic rings. The standard InChI is InChI=1S/C11H7Cl2FN2O2/c1-5-4-6(12)2-3-7(5)16-10(17)8(14)9(13)15-11(16)18/h2-4H,1H3,(H,15,18). The topological polar surface area (TPSA) is 54.9 Å². The van der Waals surface area contributed by atoms with E-state index < -0.39 is 22.2 Å². The number of benzene rings is 1. The summed E-state index contributed by atoms with van der Waals surface area (Å²) in [6, 6.07) is 4.53. The van der Waals surface area contributed by atoms with Gasteiger partial charge in [-0.1, -0.05) is 23.2 Å². The van der Waals surface area contributed by atoms with Crippen LogP contribution in [-0.4, -0.2) is 9.55 Å². The molecule has 1 aromatic heterocycles. The van der Waals surface area contributed by atoms with Gasteiger partial charge in [0.1, 0.15) is 0 Å². The Hall–Kier alpha value is -1.59. The van der Waals surface area contributed by atoms with E-state index in [1.165, 1.54) is 12.1 Å². The zero-order valence-electron chi connectivity index (χ0n) is 9.13. The van der Waals surface area contributed by atoms with Gasteiger partial charge >= 0.3 is 5.69 Å². The quantitative estimate of drug-likeness (QED) is 0.819. The van der Waals surface area contributed by atoms with Gasteiger partial charge in [-0.25, -0.2) is 9.36 Å². The molecule has 7 heteroatoms. The van der Waals surface area contributed by atoms with E-state index in [9.17, 15) is 14.0 Å². The molecule has 0 atom stereocenters. The number of rotatable bonds is 1. The molecule has 94 valence electrons. The Morgan fingerprint density at radius 2 is 1.94 bits per heavy atom. The van der Waals surface area contributed by atoms with Crippen LogP contribution in [0.3, 0.4) is 0 Å². The van der Waals surface area contributed by atoms with Crippen LogP contribution in [0.15, 0.2) is 27.8 Å². The van der Waals surface area contributed by atoms with Crippen LogP contribution in [-0.2, 0) is 0 Å². The summed E-state index contributed by atoms with van der Waals surface area (Å²) in [5.41, 5.74) is -1.09. The Balaban J connectivity index is 2.84. The summed E-state index contributed by atoms with van der Waals surface area (Å²) in [6.45, 7) is 1.65. The maximum atomic E-state index is 13.4. The number of nitrogens with one attached hydrogen (secondary N) is 1. The van der Waals surface area contributed by atoms with Crippen molar-refractivity contribution in [1.82, 2.24) is 9.55 Å². The summed E-state index contributed by atoms with van der Waals surface area (Å²) >= 11 is 11.2. The van der Waals surface area contributed by atoms with Crippen molar-refractivity contribution in [2.75, 3.05) is 0 Å². The highest BCUT2D eigenvalue weighted by atomic mass is 35.5. The molecule has 18 heavy (non-hydrogen) atoms. The average molecular weight is 289 g/mol. The van der Waals surface area contributed by atoms with Crippen molar-refractivity contribution in [3.8, 4) is 5.69 Å². The minimum atomic E-state index is -1.20. The van der Waals surface area contributed by atoms with Gasteiger partial charge in [-0.2, -0.15) is 4.39 Å². The second kappa shape index (κ2) is 4.59. The van der Waals surface area contributed by atoms with E-state index in [-0.39, 0.29) is 5.69 Å². The molecular formula is C11H7Cl2FN2O2. The summed E-state index contributed by atoms with van der Waals surface area (Å²) in [4.78, 5) is 25.4. The molecule has 1 heterocycles. The molecule has 0 amide bonds. The van der Waals surface area contributed by atoms with Gasteiger partial charge < -0.3 is 0 Å². The lowest BCUT2D eigenvalue weighted by Crippen LogP contribution is -2.36. The predicted molar refractivity (Wildman–Crippen MR) is 67.4 cm³/mol. The van der Waals surface area contributed by atoms with Gasteiger partial charge in [0.25, 0.3) is 5.56 Å². The van der Waals surface area contributed by atoms with Crippen LogP contribution in [0.5, 0.6) is 0 Å². The molecule has 0 bridgehead atoms. The molecule has 0 spiro atoms. The molecule has 0 saturated carbocycles. The van der Waals surface area contributed by atoms with E-state index in [2.05, 4.69) is 4.98 Å². The van der Waals surface area contributed by atoms with E-state index in [1.54, 1.807) is 13.0 Å². The van der Waals surface area contributed by atoms with Gasteiger partial charge in [0, 0.05) is 5.02 Å². The lowest BCUT2D eigenvalue weighted by molar-refractivity contribution is 0.584. The summed E-state index contributed by atoms with van der Waals surface area (Å²) in [7, 11) is 0. The first-order valence-corrected chi connectivity index (χ1v) is 5.64. The van der Waals surface area contributed by atoms with E-state index in [4.69, 9.17) is 23.2 Å². The smallest absolute Gasteiger partial charge is 0.295 e. The molecule has 1 aromatic carbocycles. The van der Waals surface area contributed by atoms with E-state index in [0.717, 1.165) is 0 Å². The zero-order valence-corrected chi connectivity index (χ0v) is 10.6. The van der Waals surface area contributed by atoms with Crippen molar-refractivity contribution in [3.63, 3.8) is 0 Å². The van der Waals surface area contributed by atoms with Gasteiger partial charge in [0.05, 0.1) is 5.69 Å². The molecule has 0 aliphatic carbocycles. The highest BCUT2D eigenvalue weighted by Crippen LogP contribution is 2.17. The molecule has 1 N–H and O–H groups in total. The molecule has 0 radical (unpaired) electrons. The summed E-state index contributed by atoms with van der Waals surface area (Å²) < 4.78 is 14.1. The third-order valence-electron chi connectivity index (χ3n) is 2.40. The Labute approximate surface area is 111 Å².